The third kappa shape index (κ3) is 4.50. The molecule has 2 aromatic rings. The van der Waals surface area contributed by atoms with Gasteiger partial charge in [-0.15, -0.1) is 0 Å². The monoisotopic (exact) mass is 347 g/mol. The molecule has 134 valence electrons. The van der Waals surface area contributed by atoms with Crippen molar-refractivity contribution in [2.24, 2.45) is 0 Å². The molecule has 0 aliphatic rings. The molecule has 0 radical (unpaired) electrons. The summed E-state index contributed by atoms with van der Waals surface area (Å²) in [4.78, 5) is 23.2. The second kappa shape index (κ2) is 7.69. The first-order chi connectivity index (χ1) is 11.8. The van der Waals surface area contributed by atoms with Crippen LogP contribution in [0.2, 0.25) is 0 Å². The van der Waals surface area contributed by atoms with E-state index in [2.05, 4.69) is 10.4 Å². The van der Waals surface area contributed by atoms with E-state index >= 15 is 0 Å². The normalized spacial score (nSPS) is 11.0. The van der Waals surface area contributed by atoms with Crippen LogP contribution in [0, 0.1) is 0 Å². The van der Waals surface area contributed by atoms with Gasteiger partial charge in [0.25, 0.3) is 5.91 Å². The Morgan fingerprint density at radius 3 is 2.48 bits per heavy atom. The van der Waals surface area contributed by atoms with Gasteiger partial charge in [0, 0.05) is 6.20 Å². The average Bonchev–Trinajstić information content (AvgIpc) is 3.03. The number of hydrogen-bond donors (Lipinski definition) is 2. The summed E-state index contributed by atoms with van der Waals surface area (Å²) in [5.74, 6) is -0.376. The highest BCUT2D eigenvalue weighted by Crippen LogP contribution is 2.26. The number of ether oxygens (including phenoxy) is 2. The third-order valence-corrected chi connectivity index (χ3v) is 3.47. The highest BCUT2D eigenvalue weighted by Gasteiger charge is 2.30. The van der Waals surface area contributed by atoms with E-state index in [9.17, 15) is 14.7 Å². The van der Waals surface area contributed by atoms with Crippen molar-refractivity contribution in [2.75, 3.05) is 18.5 Å². The van der Waals surface area contributed by atoms with Gasteiger partial charge in [0.1, 0.15) is 0 Å². The molecule has 1 amide bonds. The Morgan fingerprint density at radius 1 is 1.24 bits per heavy atom. The van der Waals surface area contributed by atoms with Crippen molar-refractivity contribution in [1.82, 2.24) is 9.78 Å². The lowest BCUT2D eigenvalue weighted by atomic mass is 10.1. The fraction of sp³-hybridized carbons (Fsp3) is 0.353. The molecule has 1 aromatic carbocycles. The van der Waals surface area contributed by atoms with Crippen LogP contribution in [0.3, 0.4) is 0 Å². The lowest BCUT2D eigenvalue weighted by molar-refractivity contribution is -0.146. The summed E-state index contributed by atoms with van der Waals surface area (Å²) in [7, 11) is 0. The van der Waals surface area contributed by atoms with Gasteiger partial charge in [-0.1, -0.05) is 12.1 Å². The Bertz CT molecular complexity index is 754. The molecule has 8 heteroatoms. The number of anilines is 1. The van der Waals surface area contributed by atoms with Crippen LogP contribution < -0.4 is 14.8 Å². The van der Waals surface area contributed by atoms with E-state index < -0.39 is 11.5 Å². The van der Waals surface area contributed by atoms with Gasteiger partial charge in [-0.2, -0.15) is 5.10 Å². The van der Waals surface area contributed by atoms with Crippen LogP contribution in [0.1, 0.15) is 20.8 Å². The average molecular weight is 347 g/mol. The topological polar surface area (TPSA) is 103 Å². The summed E-state index contributed by atoms with van der Waals surface area (Å²) in [5.41, 5.74) is -0.823. The largest absolute Gasteiger partial charge is 0.490 e. The van der Waals surface area contributed by atoms with E-state index in [1.807, 2.05) is 13.0 Å². The number of benzene rings is 1. The van der Waals surface area contributed by atoms with Crippen molar-refractivity contribution in [3.63, 3.8) is 0 Å². The third-order valence-electron chi connectivity index (χ3n) is 3.47. The Balaban J connectivity index is 1.96. The molecule has 0 fully saturated rings. The molecule has 25 heavy (non-hydrogen) atoms. The van der Waals surface area contributed by atoms with Crippen molar-refractivity contribution in [1.29, 1.82) is 0 Å². The number of carbonyl (C=O) groups excluding carboxylic acids is 1. The fourth-order valence-electron chi connectivity index (χ4n) is 1.98. The van der Waals surface area contributed by atoms with Gasteiger partial charge in [-0.05, 0) is 32.9 Å². The number of nitrogens with one attached hydrogen (secondary N) is 1. The van der Waals surface area contributed by atoms with Gasteiger partial charge in [0.2, 0.25) is 0 Å². The number of hydrogen-bond acceptors (Lipinski definition) is 5. The molecule has 0 aliphatic heterocycles. The lowest BCUT2D eigenvalue weighted by Crippen LogP contribution is -2.35. The molecule has 0 saturated carbocycles. The summed E-state index contributed by atoms with van der Waals surface area (Å²) in [6.45, 7) is 5.17. The van der Waals surface area contributed by atoms with Gasteiger partial charge < -0.3 is 19.9 Å². The molecule has 0 bridgehead atoms. The molecule has 0 saturated heterocycles. The fourth-order valence-corrected chi connectivity index (χ4v) is 1.98. The highest BCUT2D eigenvalue weighted by atomic mass is 16.5. The van der Waals surface area contributed by atoms with Crippen LogP contribution in [0.4, 0.5) is 5.69 Å². The Labute approximate surface area is 145 Å². The maximum Gasteiger partial charge on any atom is 0.331 e. The molecule has 0 aliphatic carbocycles. The minimum absolute atomic E-state index is 0.211. The molecular weight excluding hydrogens is 326 g/mol. The zero-order valence-corrected chi connectivity index (χ0v) is 14.4. The van der Waals surface area contributed by atoms with Crippen molar-refractivity contribution in [3.8, 4) is 11.5 Å². The number of carboxylic acid groups (broad SMARTS) is 1. The molecule has 1 aromatic heterocycles. The Morgan fingerprint density at radius 2 is 1.88 bits per heavy atom. The number of para-hydroxylation sites is 2. The predicted octanol–water partition coefficient (Wildman–Crippen LogP) is 2.12. The minimum atomic E-state index is -1.21. The van der Waals surface area contributed by atoms with E-state index in [1.165, 1.54) is 30.9 Å². The van der Waals surface area contributed by atoms with Crippen molar-refractivity contribution in [3.05, 3.63) is 36.7 Å². The van der Waals surface area contributed by atoms with Crippen molar-refractivity contribution >= 4 is 17.6 Å². The lowest BCUT2D eigenvalue weighted by Gasteiger charge is -2.19. The molecule has 2 N–H and O–H groups in total. The van der Waals surface area contributed by atoms with E-state index in [1.54, 1.807) is 18.2 Å². The standard InChI is InChI=1S/C17H21N3O5/c1-4-24-13-7-5-6-8-14(13)25-11-15(21)19-12-9-18-20(10-12)17(2,3)16(22)23/h5-10H,4,11H2,1-3H3,(H,19,21)(H,22,23). The second-order valence-electron chi connectivity index (χ2n) is 5.75. The smallest absolute Gasteiger partial charge is 0.331 e. The number of rotatable bonds is 8. The molecule has 2 rings (SSSR count). The number of amides is 1. The van der Waals surface area contributed by atoms with Crippen LogP contribution in [-0.4, -0.2) is 40.0 Å². The second-order valence-corrected chi connectivity index (χ2v) is 5.75. The van der Waals surface area contributed by atoms with Crippen molar-refractivity contribution < 1.29 is 24.2 Å². The number of aromatic nitrogens is 2. The Hall–Kier alpha value is -3.03. The first kappa shape index (κ1) is 18.3. The van der Waals surface area contributed by atoms with Crippen LogP contribution in [-0.2, 0) is 15.1 Å². The molecule has 0 unspecified atom stereocenters. The van der Waals surface area contributed by atoms with E-state index in [4.69, 9.17) is 9.47 Å². The molecule has 8 nitrogen and oxygen atoms in total. The van der Waals surface area contributed by atoms with E-state index in [-0.39, 0.29) is 12.5 Å². The summed E-state index contributed by atoms with van der Waals surface area (Å²) in [6.07, 6.45) is 2.84. The predicted molar refractivity (Wildman–Crippen MR) is 90.9 cm³/mol. The molecule has 0 spiro atoms. The summed E-state index contributed by atoms with van der Waals surface area (Å²) in [6, 6.07) is 7.07. The molecular formula is C17H21N3O5. The first-order valence-corrected chi connectivity index (χ1v) is 7.77. The van der Waals surface area contributed by atoms with E-state index in [0.29, 0.717) is 23.8 Å². The quantitative estimate of drug-likeness (QED) is 0.758. The highest BCUT2D eigenvalue weighted by molar-refractivity contribution is 5.91. The van der Waals surface area contributed by atoms with Crippen LogP contribution in [0.5, 0.6) is 11.5 Å². The van der Waals surface area contributed by atoms with Gasteiger partial charge in [0.15, 0.2) is 23.6 Å². The molecule has 0 atom stereocenters. The summed E-state index contributed by atoms with van der Waals surface area (Å²) >= 11 is 0. The zero-order chi connectivity index (χ0) is 18.4. The maximum atomic E-state index is 12.0. The first-order valence-electron chi connectivity index (χ1n) is 7.77. The van der Waals surface area contributed by atoms with E-state index in [0.717, 1.165) is 0 Å². The van der Waals surface area contributed by atoms with Crippen molar-refractivity contribution in [2.45, 2.75) is 26.3 Å². The van der Waals surface area contributed by atoms with Crippen LogP contribution >= 0.6 is 0 Å². The minimum Gasteiger partial charge on any atom is -0.490 e. The molecule has 1 heterocycles. The number of carboxylic acids is 1. The number of aliphatic carboxylic acids is 1. The number of carbonyl (C=O) groups is 2. The van der Waals surface area contributed by atoms with Gasteiger partial charge in [0.05, 0.1) is 18.5 Å². The van der Waals surface area contributed by atoms with Crippen LogP contribution in [0.25, 0.3) is 0 Å². The summed E-state index contributed by atoms with van der Waals surface area (Å²) < 4.78 is 12.2. The zero-order valence-electron chi connectivity index (χ0n) is 14.4. The maximum absolute atomic E-state index is 12.0. The Kier molecular flexibility index (Phi) is 5.63. The number of nitrogens with zero attached hydrogens (tertiary/aromatic N) is 2. The van der Waals surface area contributed by atoms with Gasteiger partial charge in [-0.25, -0.2) is 4.79 Å². The van der Waals surface area contributed by atoms with Gasteiger partial charge in [-0.3, -0.25) is 9.48 Å². The van der Waals surface area contributed by atoms with Crippen LogP contribution in [0.15, 0.2) is 36.7 Å². The van der Waals surface area contributed by atoms with Gasteiger partial charge >= 0.3 is 5.97 Å². The SMILES string of the molecule is CCOc1ccccc1OCC(=O)Nc1cnn(C(C)(C)C(=O)O)c1. The summed E-state index contributed by atoms with van der Waals surface area (Å²) in [5, 5.41) is 15.8.